The van der Waals surface area contributed by atoms with Gasteiger partial charge in [-0.05, 0) is 49.4 Å². The summed E-state index contributed by atoms with van der Waals surface area (Å²) in [5, 5.41) is 0. The van der Waals surface area contributed by atoms with Crippen LogP contribution in [0.5, 0.6) is 0 Å². The van der Waals surface area contributed by atoms with E-state index in [0.29, 0.717) is 12.5 Å². The van der Waals surface area contributed by atoms with Crippen molar-refractivity contribution in [2.24, 2.45) is 5.41 Å². The molecule has 3 heterocycles. The Morgan fingerprint density at radius 3 is 2.47 bits per heavy atom. The monoisotopic (exact) mass is 464 g/mol. The van der Waals surface area contributed by atoms with Crippen LogP contribution in [-0.2, 0) is 11.3 Å². The van der Waals surface area contributed by atoms with E-state index in [1.807, 2.05) is 48.7 Å². The van der Waals surface area contributed by atoms with Crippen molar-refractivity contribution in [1.82, 2.24) is 14.9 Å². The van der Waals surface area contributed by atoms with Crippen molar-refractivity contribution >= 4 is 38.7 Å². The lowest BCUT2D eigenvalue weighted by Gasteiger charge is -2.46. The van der Waals surface area contributed by atoms with E-state index in [1.165, 1.54) is 5.56 Å². The Hall–Kier alpha value is -2.47. The van der Waals surface area contributed by atoms with Crippen molar-refractivity contribution in [2.75, 3.05) is 24.5 Å². The Bertz CT molecular complexity index is 1080. The van der Waals surface area contributed by atoms with E-state index >= 15 is 0 Å². The number of halogens is 1. The van der Waals surface area contributed by atoms with Gasteiger partial charge >= 0.3 is 0 Å². The molecule has 2 saturated heterocycles. The van der Waals surface area contributed by atoms with Gasteiger partial charge in [-0.1, -0.05) is 46.3 Å². The second kappa shape index (κ2) is 7.99. The zero-order chi connectivity index (χ0) is 20.6. The van der Waals surface area contributed by atoms with Crippen molar-refractivity contribution in [3.05, 3.63) is 64.8 Å². The molecule has 2 fully saturated rings. The fourth-order valence-electron chi connectivity index (χ4n) is 4.86. The molecule has 2 aliphatic rings. The van der Waals surface area contributed by atoms with Crippen LogP contribution in [0, 0.1) is 5.41 Å². The number of benzene rings is 2. The van der Waals surface area contributed by atoms with Crippen LogP contribution in [0.3, 0.4) is 0 Å². The number of carbonyl (C=O) groups excluding carboxylic acids is 1. The molecule has 5 nitrogen and oxygen atoms in total. The number of aromatic nitrogens is 2. The van der Waals surface area contributed by atoms with Gasteiger partial charge in [-0.25, -0.2) is 4.98 Å². The summed E-state index contributed by atoms with van der Waals surface area (Å²) in [4.78, 5) is 27.2. The van der Waals surface area contributed by atoms with Gasteiger partial charge in [0.15, 0.2) is 0 Å². The number of hydrogen-bond donors (Lipinski definition) is 0. The Morgan fingerprint density at radius 1 is 0.933 bits per heavy atom. The summed E-state index contributed by atoms with van der Waals surface area (Å²) in [6.45, 7) is 3.23. The first kappa shape index (κ1) is 19.5. The zero-order valence-corrected chi connectivity index (χ0v) is 18.5. The third-order valence-corrected chi connectivity index (χ3v) is 7.40. The molecule has 154 valence electrons. The number of piperidine rings is 2. The van der Waals surface area contributed by atoms with E-state index in [4.69, 9.17) is 4.98 Å². The molecule has 0 N–H and O–H groups in total. The number of nitrogens with zero attached hydrogens (tertiary/aromatic N) is 4. The van der Waals surface area contributed by atoms with Gasteiger partial charge in [-0.3, -0.25) is 9.78 Å². The van der Waals surface area contributed by atoms with E-state index < -0.39 is 0 Å². The molecule has 5 rings (SSSR count). The van der Waals surface area contributed by atoms with E-state index in [0.717, 1.165) is 66.6 Å². The minimum absolute atomic E-state index is 0.222. The first-order valence-electron chi connectivity index (χ1n) is 10.6. The quantitative estimate of drug-likeness (QED) is 0.558. The average molecular weight is 465 g/mol. The molecular weight excluding hydrogens is 440 g/mol. The van der Waals surface area contributed by atoms with Gasteiger partial charge in [0, 0.05) is 30.7 Å². The molecule has 1 spiro atoms. The van der Waals surface area contributed by atoms with Crippen molar-refractivity contribution in [3.63, 3.8) is 0 Å². The number of likely N-dealkylation sites (tertiary alicyclic amines) is 1. The highest BCUT2D eigenvalue weighted by Gasteiger charge is 2.45. The molecule has 6 heteroatoms. The molecule has 0 saturated carbocycles. The third-order valence-electron chi connectivity index (χ3n) is 6.62. The van der Waals surface area contributed by atoms with Crippen LogP contribution in [0.2, 0.25) is 0 Å². The fraction of sp³-hybridized carbons (Fsp3) is 0.375. The number of amides is 1. The molecule has 0 unspecified atom stereocenters. The summed E-state index contributed by atoms with van der Waals surface area (Å²) in [5.41, 5.74) is 2.79. The van der Waals surface area contributed by atoms with E-state index in [1.54, 1.807) is 0 Å². The summed E-state index contributed by atoms with van der Waals surface area (Å²) in [6.07, 6.45) is 5.70. The van der Waals surface area contributed by atoms with Gasteiger partial charge < -0.3 is 9.80 Å². The minimum Gasteiger partial charge on any atom is -0.355 e. The predicted octanol–water partition coefficient (Wildman–Crippen LogP) is 4.80. The maximum Gasteiger partial charge on any atom is 0.229 e. The van der Waals surface area contributed by atoms with Gasteiger partial charge in [-0.2, -0.15) is 0 Å². The molecule has 2 aromatic carbocycles. The highest BCUT2D eigenvalue weighted by Crippen LogP contribution is 2.42. The first-order chi connectivity index (χ1) is 14.6. The molecule has 0 atom stereocenters. The molecule has 0 radical (unpaired) electrons. The lowest BCUT2D eigenvalue weighted by molar-refractivity contribution is -0.148. The maximum atomic E-state index is 13.5. The highest BCUT2D eigenvalue weighted by molar-refractivity contribution is 9.10. The molecule has 3 aromatic rings. The van der Waals surface area contributed by atoms with Crippen LogP contribution in [-0.4, -0.2) is 40.4 Å². The summed E-state index contributed by atoms with van der Waals surface area (Å²) in [7, 11) is 0. The van der Waals surface area contributed by atoms with Gasteiger partial charge in [0.05, 0.1) is 22.6 Å². The standard InChI is InChI=1S/C24H25BrN4O/c25-19-7-2-1-6-18(19)17-29-13-5-10-24(23(29)30)11-14-28(15-12-24)22-16-26-20-8-3-4-9-21(20)27-22/h1-4,6-9,16H,5,10-15,17H2. The van der Waals surface area contributed by atoms with Gasteiger partial charge in [0.1, 0.15) is 5.82 Å². The Morgan fingerprint density at radius 2 is 1.67 bits per heavy atom. The van der Waals surface area contributed by atoms with Gasteiger partial charge in [0.2, 0.25) is 5.91 Å². The molecule has 30 heavy (non-hydrogen) atoms. The zero-order valence-electron chi connectivity index (χ0n) is 16.9. The molecule has 1 amide bonds. The van der Waals surface area contributed by atoms with Crippen molar-refractivity contribution in [2.45, 2.75) is 32.2 Å². The Balaban J connectivity index is 1.30. The summed E-state index contributed by atoms with van der Waals surface area (Å²) < 4.78 is 1.07. The van der Waals surface area contributed by atoms with Crippen LogP contribution in [0.4, 0.5) is 5.82 Å². The number of carbonyl (C=O) groups is 1. The molecule has 0 bridgehead atoms. The van der Waals surface area contributed by atoms with E-state index in [9.17, 15) is 4.79 Å². The van der Waals surface area contributed by atoms with Gasteiger partial charge in [0.25, 0.3) is 0 Å². The number of anilines is 1. The number of rotatable bonds is 3. The largest absolute Gasteiger partial charge is 0.355 e. The highest BCUT2D eigenvalue weighted by atomic mass is 79.9. The summed E-state index contributed by atoms with van der Waals surface area (Å²) in [6, 6.07) is 16.1. The Labute approximate surface area is 185 Å². The van der Waals surface area contributed by atoms with Crippen LogP contribution >= 0.6 is 15.9 Å². The molecule has 1 aromatic heterocycles. The topological polar surface area (TPSA) is 49.3 Å². The second-order valence-electron chi connectivity index (χ2n) is 8.41. The van der Waals surface area contributed by atoms with Gasteiger partial charge in [-0.15, -0.1) is 0 Å². The number of fused-ring (bicyclic) bond motifs is 1. The van der Waals surface area contributed by atoms with E-state index in [-0.39, 0.29) is 5.41 Å². The summed E-state index contributed by atoms with van der Waals surface area (Å²) in [5.74, 6) is 1.24. The third kappa shape index (κ3) is 3.58. The average Bonchev–Trinajstić information content (AvgIpc) is 2.79. The number of hydrogen-bond acceptors (Lipinski definition) is 4. The molecular formula is C24H25BrN4O. The van der Waals surface area contributed by atoms with Crippen LogP contribution < -0.4 is 4.90 Å². The fourth-order valence-corrected chi connectivity index (χ4v) is 5.27. The predicted molar refractivity (Wildman–Crippen MR) is 122 cm³/mol. The SMILES string of the molecule is O=C1N(Cc2ccccc2Br)CCCC12CCN(c1cnc3ccccc3n1)CC2. The van der Waals surface area contributed by atoms with Crippen LogP contribution in [0.1, 0.15) is 31.2 Å². The van der Waals surface area contributed by atoms with Crippen molar-refractivity contribution < 1.29 is 4.79 Å². The van der Waals surface area contributed by atoms with Crippen molar-refractivity contribution in [3.8, 4) is 0 Å². The van der Waals surface area contributed by atoms with Crippen molar-refractivity contribution in [1.29, 1.82) is 0 Å². The first-order valence-corrected chi connectivity index (χ1v) is 11.4. The molecule has 2 aliphatic heterocycles. The molecule has 0 aliphatic carbocycles. The Kier molecular flexibility index (Phi) is 5.19. The normalized spacial score (nSPS) is 18.9. The maximum absolute atomic E-state index is 13.5. The summed E-state index contributed by atoms with van der Waals surface area (Å²) >= 11 is 3.62. The smallest absolute Gasteiger partial charge is 0.229 e. The van der Waals surface area contributed by atoms with Crippen LogP contribution in [0.25, 0.3) is 11.0 Å². The minimum atomic E-state index is -0.222. The number of para-hydroxylation sites is 2. The lowest BCUT2D eigenvalue weighted by atomic mass is 9.71. The van der Waals surface area contributed by atoms with E-state index in [2.05, 4.69) is 36.8 Å². The van der Waals surface area contributed by atoms with Crippen LogP contribution in [0.15, 0.2) is 59.2 Å². The lowest BCUT2D eigenvalue weighted by Crippen LogP contribution is -2.53. The second-order valence-corrected chi connectivity index (χ2v) is 9.26.